The molecule has 1 N–H and O–H groups in total. The van der Waals surface area contributed by atoms with E-state index >= 15 is 0 Å². The van der Waals surface area contributed by atoms with E-state index in [9.17, 15) is 19.5 Å². The summed E-state index contributed by atoms with van der Waals surface area (Å²) >= 11 is 3.73. The number of hydrogen-bond acceptors (Lipinski definition) is 5. The second kappa shape index (κ2) is 20.3. The first-order chi connectivity index (χ1) is 30.4. The first kappa shape index (κ1) is 46.2. The molecule has 9 nitrogen and oxygen atoms in total. The van der Waals surface area contributed by atoms with Gasteiger partial charge in [0.2, 0.25) is 0 Å². The molecule has 3 aliphatic carbocycles. The van der Waals surface area contributed by atoms with Crippen LogP contribution in [0.3, 0.4) is 0 Å². The van der Waals surface area contributed by atoms with E-state index in [1.54, 1.807) is 6.07 Å². The number of hydrogen-bond donors (Lipinski definition) is 1. The molecule has 3 saturated carbocycles. The van der Waals surface area contributed by atoms with Crippen LogP contribution in [0.15, 0.2) is 59.2 Å². The van der Waals surface area contributed by atoms with E-state index in [2.05, 4.69) is 69.7 Å². The number of fused-ring (bicyclic) bond motifs is 3. The summed E-state index contributed by atoms with van der Waals surface area (Å²) in [6.45, 7) is 4.44. The number of carboxylic acid groups (broad SMARTS) is 1. The van der Waals surface area contributed by atoms with Crippen LogP contribution in [0.4, 0.5) is 0 Å². The first-order valence-corrected chi connectivity index (χ1v) is 24.1. The van der Waals surface area contributed by atoms with E-state index < -0.39 is 5.97 Å². The Morgan fingerprint density at radius 3 is 1.25 bits per heavy atom. The summed E-state index contributed by atoms with van der Waals surface area (Å²) in [6.07, 6.45) is 20.1. The Morgan fingerprint density at radius 2 is 0.889 bits per heavy atom. The van der Waals surface area contributed by atoms with E-state index in [-0.39, 0.29) is 11.9 Å². The molecule has 9 rings (SSSR count). The Bertz CT molecular complexity index is 2610. The number of halogens is 1. The minimum absolute atomic E-state index is 0.262. The zero-order valence-electron chi connectivity index (χ0n) is 38.4. The molecule has 0 spiro atoms. The lowest BCUT2D eigenvalue weighted by Gasteiger charge is -2.12. The maximum absolute atomic E-state index is 11.8. The molecule has 63 heavy (non-hydrogen) atoms. The minimum atomic E-state index is -0.849. The second-order valence-corrected chi connectivity index (χ2v) is 18.8. The number of aromatic carboxylic acids is 1. The number of nitrogens with zero attached hydrogens (tertiary/aromatic N) is 3. The predicted octanol–water partition coefficient (Wildman–Crippen LogP) is 13.4. The number of carboxylic acids is 1. The first-order valence-electron chi connectivity index (χ1n) is 23.3. The van der Waals surface area contributed by atoms with Crippen molar-refractivity contribution < 1.29 is 29.0 Å². The fourth-order valence-electron chi connectivity index (χ4n) is 11.1. The Kier molecular flexibility index (Phi) is 14.9. The summed E-state index contributed by atoms with van der Waals surface area (Å²) in [5.41, 5.74) is 12.2. The summed E-state index contributed by atoms with van der Waals surface area (Å²) in [4.78, 5) is 34.7. The van der Waals surface area contributed by atoms with Crippen LogP contribution in [-0.4, -0.2) is 50.9 Å². The van der Waals surface area contributed by atoms with Crippen LogP contribution in [0.2, 0.25) is 0 Å². The third-order valence-electron chi connectivity index (χ3n) is 14.2. The molecule has 336 valence electrons. The van der Waals surface area contributed by atoms with E-state index in [1.807, 2.05) is 43.4 Å². The Hall–Kier alpha value is -4.83. The smallest absolute Gasteiger partial charge is 0.337 e. The van der Waals surface area contributed by atoms with Crippen molar-refractivity contribution in [3.05, 3.63) is 104 Å². The van der Waals surface area contributed by atoms with Gasteiger partial charge in [0.25, 0.3) is 0 Å². The highest BCUT2D eigenvalue weighted by molar-refractivity contribution is 9.10. The van der Waals surface area contributed by atoms with Gasteiger partial charge in [-0.3, -0.25) is 0 Å². The van der Waals surface area contributed by atoms with E-state index in [1.165, 1.54) is 136 Å². The van der Waals surface area contributed by atoms with Crippen molar-refractivity contribution >= 4 is 66.5 Å². The van der Waals surface area contributed by atoms with Gasteiger partial charge >= 0.3 is 17.9 Å². The molecular weight excluding hydrogens is 855 g/mol. The van der Waals surface area contributed by atoms with Gasteiger partial charge in [-0.25, -0.2) is 14.4 Å². The molecular formula is C53H66BrN3O6. The van der Waals surface area contributed by atoms with E-state index in [4.69, 9.17) is 9.47 Å². The van der Waals surface area contributed by atoms with Crippen LogP contribution in [0.1, 0.15) is 181 Å². The molecule has 0 atom stereocenters. The summed E-state index contributed by atoms with van der Waals surface area (Å²) in [7, 11) is 9.09. The van der Waals surface area contributed by atoms with Gasteiger partial charge in [0.1, 0.15) is 0 Å². The van der Waals surface area contributed by atoms with E-state index in [0.717, 1.165) is 46.8 Å². The van der Waals surface area contributed by atoms with Crippen LogP contribution < -0.4 is 0 Å². The molecule has 0 unspecified atom stereocenters. The molecule has 10 heteroatoms. The molecule has 0 bridgehead atoms. The summed E-state index contributed by atoms with van der Waals surface area (Å²) in [5.74, 6) is 0.587. The Labute approximate surface area is 381 Å². The predicted molar refractivity (Wildman–Crippen MR) is 258 cm³/mol. The zero-order valence-corrected chi connectivity index (χ0v) is 40.0. The van der Waals surface area contributed by atoms with Gasteiger partial charge < -0.3 is 28.3 Å². The average Bonchev–Trinajstić information content (AvgIpc) is 4.18. The van der Waals surface area contributed by atoms with Crippen LogP contribution in [0, 0.1) is 0 Å². The number of benzene rings is 3. The van der Waals surface area contributed by atoms with Crippen molar-refractivity contribution in [3.63, 3.8) is 0 Å². The van der Waals surface area contributed by atoms with E-state index in [0.29, 0.717) is 34.4 Å². The summed E-state index contributed by atoms with van der Waals surface area (Å²) < 4.78 is 17.4. The van der Waals surface area contributed by atoms with Crippen LogP contribution >= 0.6 is 15.9 Å². The van der Waals surface area contributed by atoms with Gasteiger partial charge in [-0.2, -0.15) is 0 Å². The van der Waals surface area contributed by atoms with Crippen molar-refractivity contribution in [3.8, 4) is 0 Å². The quantitative estimate of drug-likeness (QED) is 0.137. The summed E-state index contributed by atoms with van der Waals surface area (Å²) in [5, 5.41) is 13.1. The Balaban J connectivity index is 0.000000142. The lowest BCUT2D eigenvalue weighted by molar-refractivity contribution is 0.0592. The average molecular weight is 921 g/mol. The maximum Gasteiger partial charge on any atom is 0.337 e. The number of ether oxygens (including phenoxy) is 2. The zero-order chi connectivity index (χ0) is 44.9. The highest BCUT2D eigenvalue weighted by atomic mass is 79.9. The number of aromatic nitrogens is 3. The van der Waals surface area contributed by atoms with Crippen molar-refractivity contribution in [2.45, 2.75) is 134 Å². The van der Waals surface area contributed by atoms with Crippen molar-refractivity contribution in [2.24, 2.45) is 21.1 Å². The molecule has 6 aromatic rings. The van der Waals surface area contributed by atoms with Gasteiger partial charge in [-0.15, -0.1) is 0 Å². The fraction of sp³-hybridized carbons (Fsp3) is 0.491. The van der Waals surface area contributed by atoms with Crippen LogP contribution in [0.5, 0.6) is 0 Å². The number of rotatable bonds is 10. The van der Waals surface area contributed by atoms with Crippen molar-refractivity contribution in [1.82, 2.24) is 13.7 Å². The molecule has 3 aliphatic rings. The maximum atomic E-state index is 11.8. The van der Waals surface area contributed by atoms with Crippen molar-refractivity contribution in [2.75, 3.05) is 14.2 Å². The minimum Gasteiger partial charge on any atom is -0.478 e. The normalized spacial score (nSPS) is 15.8. The van der Waals surface area contributed by atoms with Gasteiger partial charge in [0.15, 0.2) is 0 Å². The lowest BCUT2D eigenvalue weighted by atomic mass is 9.93. The molecule has 0 saturated heterocycles. The second-order valence-electron chi connectivity index (χ2n) is 18.0. The number of carbonyl (C=O) groups excluding carboxylic acids is 2. The Morgan fingerprint density at radius 1 is 0.556 bits per heavy atom. The molecule has 0 amide bonds. The molecule has 3 aromatic carbocycles. The molecule has 3 aromatic heterocycles. The topological polar surface area (TPSA) is 105 Å². The molecule has 0 aliphatic heterocycles. The molecule has 3 fully saturated rings. The number of esters is 2. The fourth-order valence-corrected chi connectivity index (χ4v) is 11.8. The van der Waals surface area contributed by atoms with Gasteiger partial charge in [0.05, 0.1) is 35.5 Å². The lowest BCUT2D eigenvalue weighted by Crippen LogP contribution is -2.02. The third-order valence-corrected chi connectivity index (χ3v) is 15.2. The largest absolute Gasteiger partial charge is 0.478 e. The van der Waals surface area contributed by atoms with Gasteiger partial charge in [-0.05, 0) is 138 Å². The third kappa shape index (κ3) is 9.25. The standard InChI is InChI=1S/C19H25NO2.C18H23NO2.C16H18BrNO2/c1-4-7-16-18(13-8-5-6-9-13)15-11-10-14(19(21)22-3)12-17(15)20(16)2;1-3-6-15-17(12-7-4-5-8-12)14-10-9-13(18(20)21)11-16(14)19(15)2;1-18-13-9-11(16(19)20-2)7-8-12(13)14(15(18)17)10-5-3-4-6-10/h10-13H,4-9H2,1-3H3;9-12H,3-8H2,1-2H3,(H,20,21);7-10H,3-6H2,1-2H3. The number of carbonyl (C=O) groups is 3. The van der Waals surface area contributed by atoms with Crippen LogP contribution in [0.25, 0.3) is 32.7 Å². The highest BCUT2D eigenvalue weighted by Crippen LogP contribution is 2.45. The number of aryl methyl sites for hydroxylation is 3. The van der Waals surface area contributed by atoms with Gasteiger partial charge in [-0.1, -0.05) is 83.4 Å². The monoisotopic (exact) mass is 919 g/mol. The number of methoxy groups -OCH3 is 2. The summed E-state index contributed by atoms with van der Waals surface area (Å²) in [6, 6.07) is 17.4. The molecule has 0 radical (unpaired) electrons. The SMILES string of the molecule is CCCc1c(C2CCCC2)c2ccc(C(=O)O)cc2n1C.CCCc1c(C2CCCC2)c2ccc(C(=O)OC)cc2n1C.COC(=O)c1ccc2c(C3CCCC3)c(Br)n(C)c2c1. The van der Waals surface area contributed by atoms with Gasteiger partial charge in [0, 0.05) is 65.2 Å². The molecule has 3 heterocycles. The van der Waals surface area contributed by atoms with Crippen LogP contribution in [-0.2, 0) is 43.5 Å². The highest BCUT2D eigenvalue weighted by Gasteiger charge is 2.28. The van der Waals surface area contributed by atoms with Crippen molar-refractivity contribution in [1.29, 1.82) is 0 Å².